The third-order valence-electron chi connectivity index (χ3n) is 5.80. The zero-order chi connectivity index (χ0) is 26.3. The molecule has 0 saturated carbocycles. The Labute approximate surface area is 218 Å². The van der Waals surface area contributed by atoms with E-state index in [0.29, 0.717) is 32.5 Å². The molecule has 0 spiro atoms. The summed E-state index contributed by atoms with van der Waals surface area (Å²) in [5.41, 5.74) is 2.37. The molecule has 0 radical (unpaired) electrons. The molecule has 0 bridgehead atoms. The maximum atomic E-state index is 13.1. The molecule has 11 heteroatoms. The highest BCUT2D eigenvalue weighted by Crippen LogP contribution is 2.36. The Kier molecular flexibility index (Phi) is 6.43. The van der Waals surface area contributed by atoms with Gasteiger partial charge in [0.2, 0.25) is 5.95 Å². The van der Waals surface area contributed by atoms with E-state index in [9.17, 15) is 18.0 Å². The maximum Gasteiger partial charge on any atom is 0.416 e. The number of halogens is 5. The van der Waals surface area contributed by atoms with Crippen molar-refractivity contribution >= 4 is 34.8 Å². The Morgan fingerprint density at radius 1 is 0.865 bits per heavy atom. The SMILES string of the molecule is Cn1nc2c(-c3ccc(Cl)cc3)c(-c3ccc(Cl)cc3)nc(NCc3ccc(C(F)(F)F)cc3)n2c1=O. The predicted molar refractivity (Wildman–Crippen MR) is 138 cm³/mol. The molecule has 0 amide bonds. The molecule has 1 N–H and O–H groups in total. The second-order valence-electron chi connectivity index (χ2n) is 8.29. The van der Waals surface area contributed by atoms with Crippen LogP contribution in [-0.4, -0.2) is 19.2 Å². The van der Waals surface area contributed by atoms with Gasteiger partial charge in [-0.05, 0) is 47.5 Å². The van der Waals surface area contributed by atoms with Crippen LogP contribution in [-0.2, 0) is 19.8 Å². The molecule has 37 heavy (non-hydrogen) atoms. The normalized spacial score (nSPS) is 11.7. The lowest BCUT2D eigenvalue weighted by atomic mass is 10.00. The van der Waals surface area contributed by atoms with Crippen LogP contribution in [0.1, 0.15) is 11.1 Å². The van der Waals surface area contributed by atoms with Gasteiger partial charge in [0.05, 0.1) is 16.8 Å². The average molecular weight is 544 g/mol. The van der Waals surface area contributed by atoms with Crippen LogP contribution in [0.3, 0.4) is 0 Å². The topological polar surface area (TPSA) is 64.2 Å². The fourth-order valence-corrected chi connectivity index (χ4v) is 4.20. The third-order valence-corrected chi connectivity index (χ3v) is 6.30. The number of benzene rings is 3. The van der Waals surface area contributed by atoms with Gasteiger partial charge in [-0.3, -0.25) is 0 Å². The lowest BCUT2D eigenvalue weighted by Crippen LogP contribution is -2.21. The summed E-state index contributed by atoms with van der Waals surface area (Å²) in [4.78, 5) is 17.9. The van der Waals surface area contributed by atoms with Gasteiger partial charge in [0.15, 0.2) is 5.65 Å². The minimum absolute atomic E-state index is 0.127. The van der Waals surface area contributed by atoms with Crippen molar-refractivity contribution in [1.82, 2.24) is 19.2 Å². The number of rotatable bonds is 5. The van der Waals surface area contributed by atoms with Crippen LogP contribution >= 0.6 is 23.2 Å². The van der Waals surface area contributed by atoms with Crippen molar-refractivity contribution < 1.29 is 13.2 Å². The van der Waals surface area contributed by atoms with Gasteiger partial charge in [0.1, 0.15) is 0 Å². The first-order valence-corrected chi connectivity index (χ1v) is 11.8. The molecule has 6 nitrogen and oxygen atoms in total. The van der Waals surface area contributed by atoms with Crippen molar-refractivity contribution in [3.8, 4) is 22.4 Å². The van der Waals surface area contributed by atoms with Gasteiger partial charge in [-0.15, -0.1) is 5.10 Å². The Balaban J connectivity index is 1.67. The third kappa shape index (κ3) is 4.92. The van der Waals surface area contributed by atoms with E-state index < -0.39 is 17.4 Å². The van der Waals surface area contributed by atoms with Gasteiger partial charge in [-0.2, -0.15) is 13.2 Å². The predicted octanol–water partition coefficient (Wildman–Crippen LogP) is 6.70. The van der Waals surface area contributed by atoms with Crippen molar-refractivity contribution in [3.05, 3.63) is 104 Å². The van der Waals surface area contributed by atoms with Crippen LogP contribution in [0.15, 0.2) is 77.6 Å². The largest absolute Gasteiger partial charge is 0.416 e. The van der Waals surface area contributed by atoms with Gasteiger partial charge in [0, 0.05) is 29.2 Å². The molecule has 0 saturated heterocycles. The number of hydrogen-bond acceptors (Lipinski definition) is 4. The Bertz CT molecular complexity index is 1640. The van der Waals surface area contributed by atoms with Crippen LogP contribution in [0.4, 0.5) is 19.1 Å². The van der Waals surface area contributed by atoms with Crippen LogP contribution in [0.25, 0.3) is 28.0 Å². The molecular formula is C26H18Cl2F3N5O. The van der Waals surface area contributed by atoms with Crippen molar-refractivity contribution in [2.24, 2.45) is 7.05 Å². The molecular weight excluding hydrogens is 526 g/mol. The van der Waals surface area contributed by atoms with Crippen LogP contribution in [0.2, 0.25) is 10.0 Å². The van der Waals surface area contributed by atoms with Gasteiger partial charge >= 0.3 is 11.9 Å². The number of alkyl halides is 3. The van der Waals surface area contributed by atoms with Crippen molar-refractivity contribution in [2.45, 2.75) is 12.7 Å². The quantitative estimate of drug-likeness (QED) is 0.268. The first kappa shape index (κ1) is 24.9. The molecule has 0 aliphatic rings. The fourth-order valence-electron chi connectivity index (χ4n) is 3.95. The zero-order valence-corrected chi connectivity index (χ0v) is 20.7. The van der Waals surface area contributed by atoms with E-state index in [1.165, 1.54) is 28.3 Å². The second-order valence-corrected chi connectivity index (χ2v) is 9.16. The Morgan fingerprint density at radius 3 is 2.00 bits per heavy atom. The highest BCUT2D eigenvalue weighted by Gasteiger charge is 2.30. The van der Waals surface area contributed by atoms with Gasteiger partial charge in [-0.25, -0.2) is 18.9 Å². The lowest BCUT2D eigenvalue weighted by molar-refractivity contribution is -0.137. The van der Waals surface area contributed by atoms with E-state index in [0.717, 1.165) is 23.3 Å². The van der Waals surface area contributed by atoms with E-state index in [2.05, 4.69) is 10.4 Å². The monoisotopic (exact) mass is 543 g/mol. The summed E-state index contributed by atoms with van der Waals surface area (Å²) in [6, 6.07) is 18.9. The minimum atomic E-state index is -4.42. The summed E-state index contributed by atoms with van der Waals surface area (Å²) in [7, 11) is 1.53. The molecule has 5 aromatic rings. The fraction of sp³-hybridized carbons (Fsp3) is 0.115. The number of hydrogen-bond donors (Lipinski definition) is 1. The number of nitrogens with one attached hydrogen (secondary N) is 1. The number of anilines is 1. The van der Waals surface area contributed by atoms with E-state index in [4.69, 9.17) is 28.2 Å². The van der Waals surface area contributed by atoms with Gasteiger partial charge in [0.25, 0.3) is 0 Å². The summed E-state index contributed by atoms with van der Waals surface area (Å²) in [5, 5.41) is 8.67. The summed E-state index contributed by atoms with van der Waals surface area (Å²) in [6.07, 6.45) is -4.42. The van der Waals surface area contributed by atoms with Gasteiger partial charge in [-0.1, -0.05) is 59.6 Å². The van der Waals surface area contributed by atoms with E-state index in [-0.39, 0.29) is 12.5 Å². The minimum Gasteiger partial charge on any atom is -0.351 e. The zero-order valence-electron chi connectivity index (χ0n) is 19.2. The Hall–Kier alpha value is -3.82. The van der Waals surface area contributed by atoms with E-state index in [1.54, 1.807) is 36.4 Å². The maximum absolute atomic E-state index is 13.1. The summed E-state index contributed by atoms with van der Waals surface area (Å²) in [6.45, 7) is 0.127. The first-order valence-electron chi connectivity index (χ1n) is 11.0. The summed E-state index contributed by atoms with van der Waals surface area (Å²) in [5.74, 6) is 0.190. The number of aromatic nitrogens is 4. The summed E-state index contributed by atoms with van der Waals surface area (Å²) >= 11 is 12.2. The molecule has 0 fully saturated rings. The van der Waals surface area contributed by atoms with Crippen LogP contribution < -0.4 is 11.0 Å². The molecule has 3 aromatic carbocycles. The standard InChI is InChI=1S/C26H18Cl2F3N5O/c1-35-25(37)36-23(34-35)21(16-4-10-19(27)11-5-16)22(17-6-12-20(28)13-7-17)33-24(36)32-14-15-2-8-18(9-3-15)26(29,30)31/h2-13H,14H2,1H3,(H,32,33). The Morgan fingerprint density at radius 2 is 1.43 bits per heavy atom. The molecule has 0 atom stereocenters. The molecule has 2 heterocycles. The molecule has 0 aliphatic heterocycles. The van der Waals surface area contributed by atoms with Crippen molar-refractivity contribution in [3.63, 3.8) is 0 Å². The molecule has 2 aromatic heterocycles. The highest BCUT2D eigenvalue weighted by atomic mass is 35.5. The first-order chi connectivity index (χ1) is 17.6. The second kappa shape index (κ2) is 9.57. The lowest BCUT2D eigenvalue weighted by Gasteiger charge is -2.15. The smallest absolute Gasteiger partial charge is 0.351 e. The van der Waals surface area contributed by atoms with Crippen molar-refractivity contribution in [1.29, 1.82) is 0 Å². The number of aryl methyl sites for hydroxylation is 1. The van der Waals surface area contributed by atoms with E-state index in [1.807, 2.05) is 12.1 Å². The number of nitrogens with zero attached hydrogens (tertiary/aromatic N) is 4. The van der Waals surface area contributed by atoms with Crippen LogP contribution in [0, 0.1) is 0 Å². The summed E-state index contributed by atoms with van der Waals surface area (Å²) < 4.78 is 41.3. The highest BCUT2D eigenvalue weighted by molar-refractivity contribution is 6.31. The van der Waals surface area contributed by atoms with Gasteiger partial charge < -0.3 is 5.32 Å². The molecule has 0 aliphatic carbocycles. The molecule has 188 valence electrons. The number of fused-ring (bicyclic) bond motifs is 1. The molecule has 0 unspecified atom stereocenters. The average Bonchev–Trinajstić information content (AvgIpc) is 3.17. The van der Waals surface area contributed by atoms with E-state index >= 15 is 0 Å². The van der Waals surface area contributed by atoms with Crippen LogP contribution in [0.5, 0.6) is 0 Å². The molecule has 5 rings (SSSR count). The van der Waals surface area contributed by atoms with Crippen molar-refractivity contribution in [2.75, 3.05) is 5.32 Å².